The van der Waals surface area contributed by atoms with Crippen LogP contribution in [0.3, 0.4) is 0 Å². The van der Waals surface area contributed by atoms with Gasteiger partial charge >= 0.3 is 0 Å². The van der Waals surface area contributed by atoms with Crippen molar-refractivity contribution in [1.82, 2.24) is 10.2 Å². The SMILES string of the molecule is CCC1C(=O)NC(CC(C)C)C(=O)N1CC(C)(C)C(C)C. The van der Waals surface area contributed by atoms with Gasteiger partial charge in [-0.05, 0) is 30.1 Å². The van der Waals surface area contributed by atoms with E-state index in [9.17, 15) is 9.59 Å². The van der Waals surface area contributed by atoms with Crippen molar-refractivity contribution >= 4 is 11.8 Å². The molecule has 1 N–H and O–H groups in total. The average molecular weight is 296 g/mol. The number of rotatable bonds is 6. The molecule has 1 rings (SSSR count). The number of nitrogens with zero attached hydrogens (tertiary/aromatic N) is 1. The van der Waals surface area contributed by atoms with Crippen LogP contribution in [0.1, 0.15) is 61.3 Å². The van der Waals surface area contributed by atoms with Crippen molar-refractivity contribution in [2.75, 3.05) is 6.54 Å². The summed E-state index contributed by atoms with van der Waals surface area (Å²) in [6, 6.07) is -0.679. The van der Waals surface area contributed by atoms with E-state index in [1.54, 1.807) is 0 Å². The van der Waals surface area contributed by atoms with Gasteiger partial charge in [0, 0.05) is 6.54 Å². The molecule has 0 radical (unpaired) electrons. The lowest BCUT2D eigenvalue weighted by Gasteiger charge is -2.44. The molecule has 1 aliphatic rings. The highest BCUT2D eigenvalue weighted by atomic mass is 16.2. The number of hydrogen-bond donors (Lipinski definition) is 1. The normalized spacial score (nSPS) is 24.0. The van der Waals surface area contributed by atoms with Crippen LogP contribution in [-0.4, -0.2) is 35.3 Å². The van der Waals surface area contributed by atoms with E-state index in [4.69, 9.17) is 0 Å². The van der Waals surface area contributed by atoms with Crippen LogP contribution in [0.25, 0.3) is 0 Å². The van der Waals surface area contributed by atoms with Gasteiger partial charge in [0.1, 0.15) is 12.1 Å². The topological polar surface area (TPSA) is 49.4 Å². The molecule has 0 aliphatic carbocycles. The molecule has 21 heavy (non-hydrogen) atoms. The molecule has 0 saturated carbocycles. The lowest BCUT2D eigenvalue weighted by molar-refractivity contribution is -0.152. The summed E-state index contributed by atoms with van der Waals surface area (Å²) in [5.74, 6) is 0.930. The molecule has 0 spiro atoms. The average Bonchev–Trinajstić information content (AvgIpc) is 2.34. The van der Waals surface area contributed by atoms with Gasteiger partial charge in [-0.15, -0.1) is 0 Å². The molecule has 4 heteroatoms. The summed E-state index contributed by atoms with van der Waals surface area (Å²) in [5, 5.41) is 2.91. The number of carbonyl (C=O) groups is 2. The van der Waals surface area contributed by atoms with Gasteiger partial charge in [0.15, 0.2) is 0 Å². The molecule has 0 aromatic heterocycles. The van der Waals surface area contributed by atoms with E-state index in [1.807, 2.05) is 11.8 Å². The molecule has 4 nitrogen and oxygen atoms in total. The number of nitrogens with one attached hydrogen (secondary N) is 1. The monoisotopic (exact) mass is 296 g/mol. The van der Waals surface area contributed by atoms with Crippen molar-refractivity contribution < 1.29 is 9.59 Å². The van der Waals surface area contributed by atoms with Gasteiger partial charge in [-0.3, -0.25) is 9.59 Å². The van der Waals surface area contributed by atoms with Crippen LogP contribution in [0, 0.1) is 17.3 Å². The van der Waals surface area contributed by atoms with E-state index in [0.29, 0.717) is 31.2 Å². The number of carbonyl (C=O) groups excluding carboxylic acids is 2. The molecule has 0 bridgehead atoms. The molecule has 0 aromatic rings. The van der Waals surface area contributed by atoms with Crippen molar-refractivity contribution in [3.8, 4) is 0 Å². The molecular formula is C17H32N2O2. The smallest absolute Gasteiger partial charge is 0.245 e. The van der Waals surface area contributed by atoms with Gasteiger partial charge in [0.25, 0.3) is 0 Å². The first-order chi connectivity index (χ1) is 9.60. The van der Waals surface area contributed by atoms with Crippen LogP contribution in [0.4, 0.5) is 0 Å². The Labute approximate surface area is 129 Å². The first-order valence-corrected chi connectivity index (χ1v) is 8.21. The fourth-order valence-electron chi connectivity index (χ4n) is 2.67. The van der Waals surface area contributed by atoms with Gasteiger partial charge in [0.2, 0.25) is 11.8 Å². The maximum atomic E-state index is 12.8. The Kier molecular flexibility index (Phi) is 5.83. The van der Waals surface area contributed by atoms with Crippen molar-refractivity contribution in [2.45, 2.75) is 73.4 Å². The largest absolute Gasteiger partial charge is 0.342 e. The second kappa shape index (κ2) is 6.80. The van der Waals surface area contributed by atoms with Gasteiger partial charge in [-0.25, -0.2) is 0 Å². The third-order valence-corrected chi connectivity index (χ3v) is 4.81. The van der Waals surface area contributed by atoms with Crippen molar-refractivity contribution in [1.29, 1.82) is 0 Å². The molecule has 2 unspecified atom stereocenters. The quantitative estimate of drug-likeness (QED) is 0.819. The Hall–Kier alpha value is -1.06. The molecule has 1 aliphatic heterocycles. The number of piperazine rings is 1. The minimum Gasteiger partial charge on any atom is -0.342 e. The highest BCUT2D eigenvalue weighted by molar-refractivity contribution is 5.96. The van der Waals surface area contributed by atoms with Crippen molar-refractivity contribution in [3.05, 3.63) is 0 Å². The van der Waals surface area contributed by atoms with Crippen LogP contribution in [0.15, 0.2) is 0 Å². The molecule has 2 atom stereocenters. The highest BCUT2D eigenvalue weighted by Gasteiger charge is 2.42. The maximum absolute atomic E-state index is 12.8. The summed E-state index contributed by atoms with van der Waals surface area (Å²) in [4.78, 5) is 26.9. The summed E-state index contributed by atoms with van der Waals surface area (Å²) < 4.78 is 0. The van der Waals surface area contributed by atoms with Crippen LogP contribution in [-0.2, 0) is 9.59 Å². The van der Waals surface area contributed by atoms with E-state index in [0.717, 1.165) is 0 Å². The van der Waals surface area contributed by atoms with Crippen molar-refractivity contribution in [3.63, 3.8) is 0 Å². The zero-order valence-electron chi connectivity index (χ0n) is 14.7. The van der Waals surface area contributed by atoms with E-state index in [1.165, 1.54) is 0 Å². The summed E-state index contributed by atoms with van der Waals surface area (Å²) in [6.45, 7) is 15.4. The molecule has 1 fully saturated rings. The maximum Gasteiger partial charge on any atom is 0.245 e. The predicted molar refractivity (Wildman–Crippen MR) is 85.8 cm³/mol. The summed E-state index contributed by atoms with van der Waals surface area (Å²) in [5.41, 5.74) is 0.00306. The first-order valence-electron chi connectivity index (χ1n) is 8.21. The zero-order valence-corrected chi connectivity index (χ0v) is 14.7. The second-order valence-electron chi connectivity index (χ2n) is 7.72. The third-order valence-electron chi connectivity index (χ3n) is 4.81. The van der Waals surface area contributed by atoms with Gasteiger partial charge in [-0.1, -0.05) is 48.5 Å². The molecule has 1 heterocycles. The van der Waals surface area contributed by atoms with Crippen LogP contribution in [0.2, 0.25) is 0 Å². The van der Waals surface area contributed by atoms with Crippen LogP contribution >= 0.6 is 0 Å². The highest BCUT2D eigenvalue weighted by Crippen LogP contribution is 2.30. The summed E-state index contributed by atoms with van der Waals surface area (Å²) in [7, 11) is 0. The summed E-state index contributed by atoms with van der Waals surface area (Å²) >= 11 is 0. The Morgan fingerprint density at radius 3 is 2.19 bits per heavy atom. The fraction of sp³-hybridized carbons (Fsp3) is 0.882. The molecule has 1 saturated heterocycles. The molecule has 122 valence electrons. The van der Waals surface area contributed by atoms with E-state index >= 15 is 0 Å². The van der Waals surface area contributed by atoms with Gasteiger partial charge < -0.3 is 10.2 Å². The van der Waals surface area contributed by atoms with Gasteiger partial charge in [-0.2, -0.15) is 0 Å². The number of hydrogen-bond acceptors (Lipinski definition) is 2. The Balaban J connectivity index is 2.98. The molecule has 2 amide bonds. The van der Waals surface area contributed by atoms with Crippen LogP contribution < -0.4 is 5.32 Å². The third kappa shape index (κ3) is 4.21. The van der Waals surface area contributed by atoms with Crippen molar-refractivity contribution in [2.24, 2.45) is 17.3 Å². The lowest BCUT2D eigenvalue weighted by atomic mass is 9.80. The Morgan fingerprint density at radius 1 is 1.19 bits per heavy atom. The second-order valence-corrected chi connectivity index (χ2v) is 7.72. The number of amides is 2. The molecule has 0 aromatic carbocycles. The predicted octanol–water partition coefficient (Wildman–Crippen LogP) is 2.82. The van der Waals surface area contributed by atoms with E-state index in [2.05, 4.69) is 46.9 Å². The molecular weight excluding hydrogens is 264 g/mol. The fourth-order valence-corrected chi connectivity index (χ4v) is 2.67. The van der Waals surface area contributed by atoms with E-state index in [-0.39, 0.29) is 29.3 Å². The lowest BCUT2D eigenvalue weighted by Crippen LogP contribution is -2.64. The Bertz CT molecular complexity index is 388. The standard InChI is InChI=1S/C17H32N2O2/c1-8-14-15(20)18-13(9-11(2)3)16(21)19(14)10-17(6,7)12(4)5/h11-14H,8-10H2,1-7H3,(H,18,20). The van der Waals surface area contributed by atoms with Gasteiger partial charge in [0.05, 0.1) is 0 Å². The zero-order chi connectivity index (χ0) is 16.4. The minimum absolute atomic E-state index is 0.00214. The summed E-state index contributed by atoms with van der Waals surface area (Å²) in [6.07, 6.45) is 1.37. The van der Waals surface area contributed by atoms with E-state index < -0.39 is 0 Å². The Morgan fingerprint density at radius 2 is 1.76 bits per heavy atom. The first kappa shape index (κ1) is 18.0. The minimum atomic E-state index is -0.358. The van der Waals surface area contributed by atoms with Crippen LogP contribution in [0.5, 0.6) is 0 Å².